The van der Waals surface area contributed by atoms with Crippen LogP contribution in [0.2, 0.25) is 0 Å². The Balaban J connectivity index is 0.000000331. The number of alkyl halides is 3. The van der Waals surface area contributed by atoms with Crippen molar-refractivity contribution in [1.29, 1.82) is 0 Å². The molecule has 0 bridgehead atoms. The summed E-state index contributed by atoms with van der Waals surface area (Å²) in [5.74, 6) is 0. The molecule has 8 heteroatoms. The van der Waals surface area contributed by atoms with Gasteiger partial charge in [0.15, 0.2) is 5.69 Å². The van der Waals surface area contributed by atoms with Crippen molar-refractivity contribution in [3.63, 3.8) is 0 Å². The van der Waals surface area contributed by atoms with Crippen LogP contribution in [-0.4, -0.2) is 15.1 Å². The first-order chi connectivity index (χ1) is 17.3. The molecule has 1 aromatic heterocycles. The summed E-state index contributed by atoms with van der Waals surface area (Å²) >= 11 is -3.51. The monoisotopic (exact) mass is 511 g/mol. The Labute approximate surface area is 210 Å². The molecule has 1 atom stereocenters. The maximum absolute atomic E-state index is 10.7. The molecule has 5 rings (SSSR count). The Kier molecular flexibility index (Phi) is 8.30. The van der Waals surface area contributed by atoms with E-state index >= 15 is 0 Å². The Morgan fingerprint density at radius 1 is 0.778 bits per heavy atom. The number of nitrogens with zero attached hydrogens (tertiary/aromatic N) is 1. The summed E-state index contributed by atoms with van der Waals surface area (Å²) in [5.41, 5.74) is 9.47. The summed E-state index contributed by atoms with van der Waals surface area (Å²) in [6.07, 6.45) is -0.280. The minimum atomic E-state index is -5.09. The Bertz CT molecular complexity index is 1310. The number of fused-ring (bicyclic) bond motifs is 1. The highest BCUT2D eigenvalue weighted by Gasteiger charge is 2.30. The normalized spacial score (nSPS) is 13.8. The van der Waals surface area contributed by atoms with Crippen molar-refractivity contribution in [2.45, 2.75) is 32.0 Å². The third kappa shape index (κ3) is 6.46. The van der Waals surface area contributed by atoms with Gasteiger partial charge in [0.25, 0.3) is 0 Å². The fraction of sp³-hybridized carbons (Fsp3) is 0.179. The molecule has 0 radical (unpaired) electrons. The van der Waals surface area contributed by atoms with Crippen molar-refractivity contribution in [3.05, 3.63) is 108 Å². The van der Waals surface area contributed by atoms with E-state index in [1.54, 1.807) is 0 Å². The average molecular weight is 512 g/mol. The van der Waals surface area contributed by atoms with Crippen LogP contribution in [0.1, 0.15) is 24.1 Å². The first kappa shape index (κ1) is 25.8. The molecule has 0 spiro atoms. The predicted octanol–water partition coefficient (Wildman–Crippen LogP) is 6.49. The molecular formula is C28H24F3NO3S. The van der Waals surface area contributed by atoms with Crippen molar-refractivity contribution in [3.8, 4) is 28.1 Å². The number of aromatic nitrogens is 1. The summed E-state index contributed by atoms with van der Waals surface area (Å²) in [6.45, 7) is 0. The standard InChI is InChI=1S/C27H24N.CHF3O3S/c1-4-12-21(13-5-1)25-20-27(22-14-6-2-7-15-22)28(23-16-8-3-9-17-23)26-19-11-10-18-24(25)26;2-1(3,4)7-8(5)6/h1-9,12-17,20H,10-11,18-19H2;(H,5,6)/q+1;/p-1. The lowest BCUT2D eigenvalue weighted by Gasteiger charge is -2.20. The van der Waals surface area contributed by atoms with Gasteiger partial charge in [0, 0.05) is 35.7 Å². The Morgan fingerprint density at radius 2 is 1.31 bits per heavy atom. The summed E-state index contributed by atoms with van der Waals surface area (Å²) in [6, 6.07) is 34.9. The minimum absolute atomic E-state index is 1.13. The predicted molar refractivity (Wildman–Crippen MR) is 132 cm³/mol. The number of hydrogen-bond donors (Lipinski definition) is 0. The van der Waals surface area contributed by atoms with E-state index in [0.717, 1.165) is 12.8 Å². The molecule has 0 fully saturated rings. The second kappa shape index (κ2) is 11.6. The van der Waals surface area contributed by atoms with E-state index in [-0.39, 0.29) is 0 Å². The molecule has 3 aromatic carbocycles. The van der Waals surface area contributed by atoms with Crippen molar-refractivity contribution in [2.24, 2.45) is 0 Å². The Morgan fingerprint density at radius 3 is 1.83 bits per heavy atom. The van der Waals surface area contributed by atoms with Gasteiger partial charge in [-0.05, 0) is 42.5 Å². The van der Waals surface area contributed by atoms with Crippen LogP contribution >= 0.6 is 0 Å². The molecular weight excluding hydrogens is 487 g/mol. The lowest BCUT2D eigenvalue weighted by atomic mass is 9.87. The zero-order chi connectivity index (χ0) is 25.5. The molecule has 1 aliphatic rings. The molecule has 1 aliphatic carbocycles. The molecule has 1 unspecified atom stereocenters. The molecule has 186 valence electrons. The van der Waals surface area contributed by atoms with Crippen LogP contribution in [0, 0.1) is 0 Å². The van der Waals surface area contributed by atoms with E-state index in [2.05, 4.69) is 106 Å². The van der Waals surface area contributed by atoms with Crippen LogP contribution in [0.4, 0.5) is 13.2 Å². The lowest BCUT2D eigenvalue weighted by molar-refractivity contribution is -0.593. The number of benzene rings is 3. The lowest BCUT2D eigenvalue weighted by Crippen LogP contribution is -2.40. The number of pyridine rings is 1. The topological polar surface area (TPSA) is 53.2 Å². The van der Waals surface area contributed by atoms with Crippen molar-refractivity contribution < 1.29 is 30.7 Å². The maximum Gasteiger partial charge on any atom is 0.534 e. The van der Waals surface area contributed by atoms with E-state index in [0.29, 0.717) is 0 Å². The van der Waals surface area contributed by atoms with Crippen molar-refractivity contribution in [2.75, 3.05) is 0 Å². The fourth-order valence-corrected chi connectivity index (χ4v) is 4.66. The molecule has 0 saturated heterocycles. The van der Waals surface area contributed by atoms with Crippen LogP contribution < -0.4 is 4.57 Å². The zero-order valence-corrected chi connectivity index (χ0v) is 20.1. The summed E-state index contributed by atoms with van der Waals surface area (Å²) < 4.78 is 55.1. The van der Waals surface area contributed by atoms with Gasteiger partial charge in [0.05, 0.1) is 11.4 Å². The van der Waals surface area contributed by atoms with Gasteiger partial charge in [0.2, 0.25) is 11.4 Å². The van der Waals surface area contributed by atoms with Crippen LogP contribution in [0.3, 0.4) is 0 Å². The average Bonchev–Trinajstić information content (AvgIpc) is 2.88. The van der Waals surface area contributed by atoms with Crippen molar-refractivity contribution in [1.82, 2.24) is 0 Å². The van der Waals surface area contributed by atoms with Crippen molar-refractivity contribution >= 4 is 11.4 Å². The van der Waals surface area contributed by atoms with Gasteiger partial charge in [-0.2, -0.15) is 4.57 Å². The van der Waals surface area contributed by atoms with Gasteiger partial charge >= 0.3 is 6.36 Å². The van der Waals surface area contributed by atoms with Gasteiger partial charge in [-0.25, -0.2) is 8.39 Å². The summed E-state index contributed by atoms with van der Waals surface area (Å²) in [4.78, 5) is 0. The third-order valence-corrected chi connectivity index (χ3v) is 6.21. The second-order valence-electron chi connectivity index (χ2n) is 8.21. The van der Waals surface area contributed by atoms with Gasteiger partial charge in [-0.3, -0.25) is 0 Å². The van der Waals surface area contributed by atoms with Crippen LogP contribution in [0.15, 0.2) is 97.1 Å². The molecule has 0 aliphatic heterocycles. The number of para-hydroxylation sites is 1. The number of hydrogen-bond acceptors (Lipinski definition) is 3. The Hall–Kier alpha value is -3.33. The molecule has 4 aromatic rings. The van der Waals surface area contributed by atoms with Crippen LogP contribution in [0.5, 0.6) is 0 Å². The van der Waals surface area contributed by atoms with Gasteiger partial charge in [-0.15, -0.1) is 13.2 Å². The maximum atomic E-state index is 10.7. The quantitative estimate of drug-likeness (QED) is 0.232. The van der Waals surface area contributed by atoms with E-state index in [1.165, 1.54) is 52.2 Å². The molecule has 0 N–H and O–H groups in total. The summed E-state index contributed by atoms with van der Waals surface area (Å²) in [5, 5.41) is 0. The van der Waals surface area contributed by atoms with E-state index < -0.39 is 17.7 Å². The highest BCUT2D eigenvalue weighted by Crippen LogP contribution is 2.34. The largest absolute Gasteiger partial charge is 0.750 e. The number of rotatable bonds is 4. The smallest absolute Gasteiger partial charge is 0.534 e. The molecule has 36 heavy (non-hydrogen) atoms. The van der Waals surface area contributed by atoms with E-state index in [9.17, 15) is 13.2 Å². The van der Waals surface area contributed by atoms with E-state index in [4.69, 9.17) is 8.76 Å². The van der Waals surface area contributed by atoms with Gasteiger partial charge < -0.3 is 4.55 Å². The molecule has 4 nitrogen and oxygen atoms in total. The summed E-state index contributed by atoms with van der Waals surface area (Å²) in [7, 11) is 0. The van der Waals surface area contributed by atoms with Crippen LogP contribution in [-0.2, 0) is 28.4 Å². The zero-order valence-electron chi connectivity index (χ0n) is 19.3. The second-order valence-corrected chi connectivity index (χ2v) is 8.79. The SMILES string of the molecule is O=S([O-])OC(F)(F)F.c1ccc(-c2cc(-c3ccccc3)[n+](-c3ccccc3)c3c2CCCC3)cc1. The first-order valence-electron chi connectivity index (χ1n) is 11.5. The minimum Gasteiger partial charge on any atom is -0.750 e. The van der Waals surface area contributed by atoms with Gasteiger partial charge in [-0.1, -0.05) is 66.7 Å². The molecule has 0 saturated carbocycles. The first-order valence-corrected chi connectivity index (χ1v) is 12.5. The van der Waals surface area contributed by atoms with Crippen LogP contribution in [0.25, 0.3) is 28.1 Å². The fourth-order valence-electron chi connectivity index (χ4n) is 4.51. The van der Waals surface area contributed by atoms with Gasteiger partial charge in [0.1, 0.15) is 0 Å². The third-order valence-electron chi connectivity index (χ3n) is 5.89. The molecule has 0 amide bonds. The highest BCUT2D eigenvalue weighted by atomic mass is 32.2. The molecule has 1 heterocycles. The highest BCUT2D eigenvalue weighted by molar-refractivity contribution is 7.74. The number of halogens is 3. The van der Waals surface area contributed by atoms with E-state index in [1.807, 2.05) is 0 Å².